The fraction of sp³-hybridized carbons (Fsp3) is 0.500. The molecule has 0 spiro atoms. The Kier molecular flexibility index (Phi) is 3.95. The highest BCUT2D eigenvalue weighted by Gasteiger charge is 2.24. The van der Waals surface area contributed by atoms with E-state index in [4.69, 9.17) is 10.5 Å². The third kappa shape index (κ3) is 2.44. The third-order valence-corrected chi connectivity index (χ3v) is 3.73. The molecule has 2 nitrogen and oxygen atoms in total. The molecule has 1 aliphatic heterocycles. The number of nitrogens with two attached hydrogens (primary N) is 1. The van der Waals surface area contributed by atoms with Crippen LogP contribution in [-0.4, -0.2) is 13.2 Å². The van der Waals surface area contributed by atoms with Gasteiger partial charge in [0.15, 0.2) is 0 Å². The van der Waals surface area contributed by atoms with E-state index in [1.807, 2.05) is 6.07 Å². The molecular formula is C12H15BrFNO. The van der Waals surface area contributed by atoms with Gasteiger partial charge < -0.3 is 10.5 Å². The normalized spacial score (nSPS) is 19.7. The average molecular weight is 288 g/mol. The zero-order valence-electron chi connectivity index (χ0n) is 8.96. The van der Waals surface area contributed by atoms with Crippen molar-refractivity contribution in [3.8, 4) is 0 Å². The summed E-state index contributed by atoms with van der Waals surface area (Å²) in [5.74, 6) is 0.0824. The van der Waals surface area contributed by atoms with E-state index in [1.54, 1.807) is 12.1 Å². The first-order valence-electron chi connectivity index (χ1n) is 5.47. The zero-order chi connectivity index (χ0) is 11.5. The van der Waals surface area contributed by atoms with Crippen molar-refractivity contribution in [1.29, 1.82) is 0 Å². The Bertz CT molecular complexity index is 366. The summed E-state index contributed by atoms with van der Waals surface area (Å²) in [5, 5.41) is 0. The summed E-state index contributed by atoms with van der Waals surface area (Å²) in [5.41, 5.74) is 6.72. The van der Waals surface area contributed by atoms with E-state index in [0.717, 1.165) is 26.1 Å². The molecule has 0 aromatic heterocycles. The summed E-state index contributed by atoms with van der Waals surface area (Å²) < 4.78 is 19.6. The van der Waals surface area contributed by atoms with Gasteiger partial charge in [-0.2, -0.15) is 0 Å². The van der Waals surface area contributed by atoms with E-state index in [2.05, 4.69) is 15.9 Å². The summed E-state index contributed by atoms with van der Waals surface area (Å²) in [6.07, 6.45) is 1.82. The number of hydrogen-bond donors (Lipinski definition) is 1. The second-order valence-corrected chi connectivity index (χ2v) is 4.97. The SMILES string of the molecule is N[C@H](c1cccc(Br)c1F)C1CCOCC1. The topological polar surface area (TPSA) is 35.2 Å². The van der Waals surface area contributed by atoms with Crippen LogP contribution in [-0.2, 0) is 4.74 Å². The van der Waals surface area contributed by atoms with Crippen LogP contribution in [0.5, 0.6) is 0 Å². The van der Waals surface area contributed by atoms with Crippen LogP contribution in [0.3, 0.4) is 0 Å². The second kappa shape index (κ2) is 5.25. The Morgan fingerprint density at radius 1 is 1.38 bits per heavy atom. The molecule has 16 heavy (non-hydrogen) atoms. The van der Waals surface area contributed by atoms with Gasteiger partial charge in [0.2, 0.25) is 0 Å². The summed E-state index contributed by atoms with van der Waals surface area (Å²) in [6.45, 7) is 1.46. The number of benzene rings is 1. The first-order chi connectivity index (χ1) is 7.70. The van der Waals surface area contributed by atoms with Gasteiger partial charge in [-0.05, 0) is 40.8 Å². The van der Waals surface area contributed by atoms with Crippen molar-refractivity contribution in [2.45, 2.75) is 18.9 Å². The van der Waals surface area contributed by atoms with Gasteiger partial charge in [0.05, 0.1) is 4.47 Å². The molecule has 2 rings (SSSR count). The molecule has 0 amide bonds. The maximum absolute atomic E-state index is 13.8. The number of ether oxygens (including phenoxy) is 1. The molecule has 0 radical (unpaired) electrons. The lowest BCUT2D eigenvalue weighted by atomic mass is 9.87. The number of rotatable bonds is 2. The third-order valence-electron chi connectivity index (χ3n) is 3.11. The van der Waals surface area contributed by atoms with Crippen LogP contribution in [0.15, 0.2) is 22.7 Å². The first kappa shape index (κ1) is 12.0. The summed E-state index contributed by atoms with van der Waals surface area (Å²) in [7, 11) is 0. The van der Waals surface area contributed by atoms with Crippen molar-refractivity contribution >= 4 is 15.9 Å². The van der Waals surface area contributed by atoms with Gasteiger partial charge in [-0.15, -0.1) is 0 Å². The number of hydrogen-bond acceptors (Lipinski definition) is 2. The lowest BCUT2D eigenvalue weighted by molar-refractivity contribution is 0.0580. The van der Waals surface area contributed by atoms with Crippen LogP contribution >= 0.6 is 15.9 Å². The predicted octanol–water partition coefficient (Wildman–Crippen LogP) is 3.01. The van der Waals surface area contributed by atoms with Gasteiger partial charge in [-0.25, -0.2) is 4.39 Å². The van der Waals surface area contributed by atoms with Gasteiger partial charge in [-0.1, -0.05) is 12.1 Å². The van der Waals surface area contributed by atoms with Gasteiger partial charge in [0, 0.05) is 24.8 Å². The van der Waals surface area contributed by atoms with Crippen LogP contribution in [0.4, 0.5) is 4.39 Å². The highest BCUT2D eigenvalue weighted by molar-refractivity contribution is 9.10. The Balaban J connectivity index is 2.19. The van der Waals surface area contributed by atoms with Gasteiger partial charge in [0.1, 0.15) is 5.82 Å². The average Bonchev–Trinajstić information content (AvgIpc) is 2.33. The van der Waals surface area contributed by atoms with Crippen molar-refractivity contribution in [3.63, 3.8) is 0 Å². The standard InChI is InChI=1S/C12H15BrFNO/c13-10-3-1-2-9(11(10)14)12(15)8-4-6-16-7-5-8/h1-3,8,12H,4-7,15H2/t12-/m0/s1. The minimum atomic E-state index is -0.235. The van der Waals surface area contributed by atoms with Crippen LogP contribution in [0.1, 0.15) is 24.4 Å². The van der Waals surface area contributed by atoms with Crippen LogP contribution in [0, 0.1) is 11.7 Å². The molecule has 1 atom stereocenters. The van der Waals surface area contributed by atoms with Crippen molar-refractivity contribution < 1.29 is 9.13 Å². The molecule has 1 saturated heterocycles. The highest BCUT2D eigenvalue weighted by atomic mass is 79.9. The highest BCUT2D eigenvalue weighted by Crippen LogP contribution is 2.31. The quantitative estimate of drug-likeness (QED) is 0.908. The van der Waals surface area contributed by atoms with E-state index in [1.165, 1.54) is 0 Å². The van der Waals surface area contributed by atoms with Crippen LogP contribution in [0.2, 0.25) is 0 Å². The molecule has 1 fully saturated rings. The summed E-state index contributed by atoms with van der Waals surface area (Å²) in [6, 6.07) is 5.04. The Hall–Kier alpha value is -0.450. The Morgan fingerprint density at radius 2 is 2.06 bits per heavy atom. The molecule has 88 valence electrons. The van der Waals surface area contributed by atoms with Gasteiger partial charge >= 0.3 is 0 Å². The van der Waals surface area contributed by atoms with Gasteiger partial charge in [0.25, 0.3) is 0 Å². The molecule has 1 aromatic rings. The molecule has 1 aliphatic rings. The summed E-state index contributed by atoms with van der Waals surface area (Å²) >= 11 is 3.18. The number of halogens is 2. The molecule has 1 aromatic carbocycles. The van der Waals surface area contributed by atoms with Gasteiger partial charge in [-0.3, -0.25) is 0 Å². The summed E-state index contributed by atoms with van der Waals surface area (Å²) in [4.78, 5) is 0. The maximum Gasteiger partial charge on any atom is 0.142 e. The minimum absolute atomic E-state index is 0.235. The molecule has 0 aliphatic carbocycles. The molecule has 0 bridgehead atoms. The van der Waals surface area contributed by atoms with E-state index >= 15 is 0 Å². The van der Waals surface area contributed by atoms with Crippen molar-refractivity contribution in [3.05, 3.63) is 34.1 Å². The van der Waals surface area contributed by atoms with Crippen LogP contribution in [0.25, 0.3) is 0 Å². The molecule has 4 heteroatoms. The fourth-order valence-electron chi connectivity index (χ4n) is 2.11. The second-order valence-electron chi connectivity index (χ2n) is 4.12. The fourth-order valence-corrected chi connectivity index (χ4v) is 2.49. The lowest BCUT2D eigenvalue weighted by Gasteiger charge is -2.28. The minimum Gasteiger partial charge on any atom is -0.381 e. The maximum atomic E-state index is 13.8. The van der Waals surface area contributed by atoms with E-state index in [-0.39, 0.29) is 11.9 Å². The van der Waals surface area contributed by atoms with Crippen molar-refractivity contribution in [1.82, 2.24) is 0 Å². The van der Waals surface area contributed by atoms with E-state index < -0.39 is 0 Å². The largest absolute Gasteiger partial charge is 0.381 e. The van der Waals surface area contributed by atoms with Crippen molar-refractivity contribution in [2.75, 3.05) is 13.2 Å². The first-order valence-corrected chi connectivity index (χ1v) is 6.26. The van der Waals surface area contributed by atoms with Crippen molar-refractivity contribution in [2.24, 2.45) is 11.7 Å². The monoisotopic (exact) mass is 287 g/mol. The van der Waals surface area contributed by atoms with E-state index in [9.17, 15) is 4.39 Å². The Morgan fingerprint density at radius 3 is 2.75 bits per heavy atom. The smallest absolute Gasteiger partial charge is 0.142 e. The molecular weight excluding hydrogens is 273 g/mol. The van der Waals surface area contributed by atoms with Crippen LogP contribution < -0.4 is 5.73 Å². The zero-order valence-corrected chi connectivity index (χ0v) is 10.5. The molecule has 1 heterocycles. The predicted molar refractivity (Wildman–Crippen MR) is 64.6 cm³/mol. The molecule has 0 saturated carbocycles. The molecule has 2 N–H and O–H groups in total. The van der Waals surface area contributed by atoms with E-state index in [0.29, 0.717) is 16.0 Å². The molecule has 0 unspecified atom stereocenters. The Labute approximate surface area is 103 Å². The lowest BCUT2D eigenvalue weighted by Crippen LogP contribution is -2.28.